The van der Waals surface area contributed by atoms with Gasteiger partial charge in [-0.1, -0.05) is 11.6 Å². The fraction of sp³-hybridized carbons (Fsp3) is 0.727. The van der Waals surface area contributed by atoms with Crippen molar-refractivity contribution in [2.75, 3.05) is 13.1 Å². The molecule has 1 aliphatic heterocycles. The Morgan fingerprint density at radius 2 is 2.11 bits per heavy atom. The molecule has 8 heteroatoms. The van der Waals surface area contributed by atoms with Crippen molar-refractivity contribution in [1.82, 2.24) is 14.1 Å². The van der Waals surface area contributed by atoms with Crippen LogP contribution in [0.1, 0.15) is 26.2 Å². The van der Waals surface area contributed by atoms with Crippen molar-refractivity contribution >= 4 is 21.6 Å². The maximum absolute atomic E-state index is 12.6. The van der Waals surface area contributed by atoms with Crippen molar-refractivity contribution in [2.45, 2.75) is 36.8 Å². The quantitative estimate of drug-likeness (QED) is 0.884. The molecule has 2 rings (SSSR count). The number of rotatable bonds is 2. The lowest BCUT2D eigenvalue weighted by Gasteiger charge is -2.22. The first-order valence-electron chi connectivity index (χ1n) is 6.14. The van der Waals surface area contributed by atoms with Crippen LogP contribution in [0.15, 0.2) is 11.2 Å². The first-order valence-corrected chi connectivity index (χ1v) is 7.96. The second-order valence-electron chi connectivity index (χ2n) is 5.18. The Bertz CT molecular complexity index is 548. The molecule has 1 aliphatic rings. The summed E-state index contributed by atoms with van der Waals surface area (Å²) in [5.41, 5.74) is -0.805. The van der Waals surface area contributed by atoms with Crippen LogP contribution in [-0.2, 0) is 17.1 Å². The Labute approximate surface area is 118 Å². The van der Waals surface area contributed by atoms with E-state index in [0.717, 1.165) is 0 Å². The zero-order valence-corrected chi connectivity index (χ0v) is 12.6. The molecule has 1 fully saturated rings. The fourth-order valence-corrected chi connectivity index (χ4v) is 4.38. The Morgan fingerprint density at radius 3 is 2.68 bits per heavy atom. The number of aryl methyl sites for hydroxylation is 1. The number of nitrogens with zero attached hydrogens (tertiary/aromatic N) is 3. The van der Waals surface area contributed by atoms with Crippen molar-refractivity contribution in [3.05, 3.63) is 11.2 Å². The summed E-state index contributed by atoms with van der Waals surface area (Å²) in [5.74, 6) is 0. The second-order valence-corrected chi connectivity index (χ2v) is 7.44. The number of aliphatic hydroxyl groups is 1. The molecule has 0 aromatic carbocycles. The summed E-state index contributed by atoms with van der Waals surface area (Å²) in [5, 5.41) is 14.0. The number of halogens is 1. The summed E-state index contributed by atoms with van der Waals surface area (Å²) in [6.45, 7) is 2.41. The summed E-state index contributed by atoms with van der Waals surface area (Å²) < 4.78 is 27.7. The smallest absolute Gasteiger partial charge is 0.261 e. The van der Waals surface area contributed by atoms with Crippen molar-refractivity contribution in [1.29, 1.82) is 0 Å². The molecule has 108 valence electrons. The summed E-state index contributed by atoms with van der Waals surface area (Å²) in [6.07, 6.45) is 2.96. The van der Waals surface area contributed by atoms with Crippen molar-refractivity contribution < 1.29 is 13.5 Å². The molecule has 0 radical (unpaired) electrons. The van der Waals surface area contributed by atoms with E-state index in [-0.39, 0.29) is 16.6 Å². The molecule has 1 atom stereocenters. The third kappa shape index (κ3) is 2.94. The Hall–Kier alpha value is -0.630. The molecule has 6 nitrogen and oxygen atoms in total. The van der Waals surface area contributed by atoms with Crippen LogP contribution in [0.4, 0.5) is 0 Å². The monoisotopic (exact) mass is 307 g/mol. The summed E-state index contributed by atoms with van der Waals surface area (Å²) in [7, 11) is -2.11. The minimum atomic E-state index is -3.66. The van der Waals surface area contributed by atoms with Gasteiger partial charge in [-0.05, 0) is 26.2 Å². The van der Waals surface area contributed by atoms with Gasteiger partial charge >= 0.3 is 0 Å². The van der Waals surface area contributed by atoms with E-state index in [1.54, 1.807) is 14.0 Å². The minimum absolute atomic E-state index is 0.00992. The molecule has 0 amide bonds. The topological polar surface area (TPSA) is 75.4 Å². The summed E-state index contributed by atoms with van der Waals surface area (Å²) in [6, 6.07) is 0. The lowest BCUT2D eigenvalue weighted by molar-refractivity contribution is 0.0465. The van der Waals surface area contributed by atoms with Crippen LogP contribution in [0.25, 0.3) is 0 Å². The van der Waals surface area contributed by atoms with Crippen LogP contribution in [0.3, 0.4) is 0 Å². The number of sulfonamides is 1. The molecular formula is C11H18ClN3O3S. The van der Waals surface area contributed by atoms with E-state index in [2.05, 4.69) is 5.10 Å². The van der Waals surface area contributed by atoms with Crippen LogP contribution in [0, 0.1) is 0 Å². The molecule has 0 spiro atoms. The second kappa shape index (κ2) is 5.05. The standard InChI is InChI=1S/C11H18ClN3O3S/c1-11(16)4-3-6-15(7-5-11)19(17,18)10-9(12)8-13-14(10)2/h8,16H,3-7H2,1-2H3. The van der Waals surface area contributed by atoms with Crippen molar-refractivity contribution in [3.8, 4) is 0 Å². The first kappa shape index (κ1) is 14.8. The summed E-state index contributed by atoms with van der Waals surface area (Å²) in [4.78, 5) is 0. The lowest BCUT2D eigenvalue weighted by Crippen LogP contribution is -2.34. The average molecular weight is 308 g/mol. The highest BCUT2D eigenvalue weighted by Gasteiger charge is 2.34. The highest BCUT2D eigenvalue weighted by molar-refractivity contribution is 7.89. The van der Waals surface area contributed by atoms with Gasteiger partial charge in [0.2, 0.25) is 0 Å². The Balaban J connectivity index is 2.31. The average Bonchev–Trinajstić information content (AvgIpc) is 2.52. The van der Waals surface area contributed by atoms with Gasteiger partial charge in [-0.2, -0.15) is 9.40 Å². The van der Waals surface area contributed by atoms with Crippen LogP contribution in [0.2, 0.25) is 5.02 Å². The largest absolute Gasteiger partial charge is 0.390 e. The Kier molecular flexibility index (Phi) is 3.92. The molecule has 1 aromatic heterocycles. The maximum Gasteiger partial charge on any atom is 0.261 e. The number of hydrogen-bond acceptors (Lipinski definition) is 4. The minimum Gasteiger partial charge on any atom is -0.390 e. The van der Waals surface area contributed by atoms with E-state index in [0.29, 0.717) is 25.8 Å². The van der Waals surface area contributed by atoms with Gasteiger partial charge in [-0.25, -0.2) is 8.42 Å². The molecule has 1 aromatic rings. The van der Waals surface area contributed by atoms with E-state index in [1.807, 2.05) is 0 Å². The van der Waals surface area contributed by atoms with Crippen LogP contribution >= 0.6 is 11.6 Å². The SMILES string of the molecule is Cn1ncc(Cl)c1S(=O)(=O)N1CCCC(C)(O)CC1. The third-order valence-electron chi connectivity index (χ3n) is 3.45. The summed E-state index contributed by atoms with van der Waals surface area (Å²) >= 11 is 5.91. The first-order chi connectivity index (χ1) is 8.74. The van der Waals surface area contributed by atoms with E-state index in [4.69, 9.17) is 11.6 Å². The molecule has 1 unspecified atom stereocenters. The van der Waals surface area contributed by atoms with E-state index in [1.165, 1.54) is 15.2 Å². The van der Waals surface area contributed by atoms with Gasteiger partial charge in [0.15, 0.2) is 5.03 Å². The molecule has 1 N–H and O–H groups in total. The molecule has 0 bridgehead atoms. The van der Waals surface area contributed by atoms with E-state index >= 15 is 0 Å². The van der Waals surface area contributed by atoms with Gasteiger partial charge in [-0.3, -0.25) is 4.68 Å². The Morgan fingerprint density at radius 1 is 1.42 bits per heavy atom. The fourth-order valence-electron chi connectivity index (χ4n) is 2.29. The zero-order valence-electron chi connectivity index (χ0n) is 11.0. The normalized spacial score (nSPS) is 26.3. The molecule has 0 saturated carbocycles. The zero-order chi connectivity index (χ0) is 14.3. The van der Waals surface area contributed by atoms with Gasteiger partial charge in [-0.15, -0.1) is 0 Å². The molecule has 1 saturated heterocycles. The number of aromatic nitrogens is 2. The van der Waals surface area contributed by atoms with Crippen molar-refractivity contribution in [2.24, 2.45) is 7.05 Å². The van der Waals surface area contributed by atoms with Crippen LogP contribution < -0.4 is 0 Å². The van der Waals surface area contributed by atoms with Gasteiger partial charge in [0.1, 0.15) is 0 Å². The molecule has 19 heavy (non-hydrogen) atoms. The van der Waals surface area contributed by atoms with Crippen LogP contribution in [-0.4, -0.2) is 46.3 Å². The van der Waals surface area contributed by atoms with Gasteiger partial charge in [0, 0.05) is 20.1 Å². The van der Waals surface area contributed by atoms with Gasteiger partial charge in [0.25, 0.3) is 10.0 Å². The molecule has 0 aliphatic carbocycles. The lowest BCUT2D eigenvalue weighted by atomic mass is 9.98. The molecule has 2 heterocycles. The van der Waals surface area contributed by atoms with Crippen LogP contribution in [0.5, 0.6) is 0 Å². The maximum atomic E-state index is 12.6. The van der Waals surface area contributed by atoms with E-state index in [9.17, 15) is 13.5 Å². The van der Waals surface area contributed by atoms with Gasteiger partial charge in [0.05, 0.1) is 16.8 Å². The number of hydrogen-bond donors (Lipinski definition) is 1. The van der Waals surface area contributed by atoms with Crippen molar-refractivity contribution in [3.63, 3.8) is 0 Å². The highest BCUT2D eigenvalue weighted by Crippen LogP contribution is 2.28. The predicted octanol–water partition coefficient (Wildman–Crippen LogP) is 0.999. The van der Waals surface area contributed by atoms with Gasteiger partial charge < -0.3 is 5.11 Å². The highest BCUT2D eigenvalue weighted by atomic mass is 35.5. The third-order valence-corrected chi connectivity index (χ3v) is 5.86. The predicted molar refractivity (Wildman–Crippen MR) is 71.5 cm³/mol. The van der Waals surface area contributed by atoms with E-state index < -0.39 is 15.6 Å². The molecular weight excluding hydrogens is 290 g/mol.